The molecule has 1 amide bonds. The third-order valence-corrected chi connectivity index (χ3v) is 3.35. The summed E-state index contributed by atoms with van der Waals surface area (Å²) >= 11 is 1.28. The number of aromatic nitrogens is 1. The molecule has 0 saturated carbocycles. The fraction of sp³-hybridized carbons (Fsp3) is 0.154. The fourth-order valence-electron chi connectivity index (χ4n) is 1.49. The van der Waals surface area contributed by atoms with E-state index in [0.29, 0.717) is 22.0 Å². The average molecular weight is 292 g/mol. The second-order valence-corrected chi connectivity index (χ2v) is 4.78. The van der Waals surface area contributed by atoms with Crippen LogP contribution in [-0.2, 0) is 4.79 Å². The predicted octanol–water partition coefficient (Wildman–Crippen LogP) is 2.17. The zero-order chi connectivity index (χ0) is 14.5. The number of amides is 1. The first-order chi connectivity index (χ1) is 9.56. The van der Waals surface area contributed by atoms with Crippen LogP contribution in [0.2, 0.25) is 0 Å². The summed E-state index contributed by atoms with van der Waals surface area (Å²) in [5, 5.41) is 11.2. The molecule has 2 N–H and O–H groups in total. The van der Waals surface area contributed by atoms with Crippen LogP contribution in [0.5, 0.6) is 5.75 Å². The summed E-state index contributed by atoms with van der Waals surface area (Å²) in [6, 6.07) is 6.48. The highest BCUT2D eigenvalue weighted by Gasteiger charge is 2.11. The monoisotopic (exact) mass is 292 g/mol. The van der Waals surface area contributed by atoms with Crippen molar-refractivity contribution in [3.05, 3.63) is 40.3 Å². The van der Waals surface area contributed by atoms with Crippen molar-refractivity contribution < 1.29 is 19.4 Å². The normalized spacial score (nSPS) is 10.1. The number of carboxylic acid groups (broad SMARTS) is 1. The Labute approximate surface area is 119 Å². The van der Waals surface area contributed by atoms with Crippen molar-refractivity contribution in [2.24, 2.45) is 0 Å². The van der Waals surface area contributed by atoms with E-state index < -0.39 is 12.6 Å². The van der Waals surface area contributed by atoms with E-state index in [1.165, 1.54) is 11.3 Å². The van der Waals surface area contributed by atoms with E-state index in [0.717, 1.165) is 0 Å². The van der Waals surface area contributed by atoms with Gasteiger partial charge in [-0.05, 0) is 31.2 Å². The molecular formula is C13H12N2O4S. The highest BCUT2D eigenvalue weighted by atomic mass is 32.1. The lowest BCUT2D eigenvalue weighted by Gasteiger charge is -2.06. The van der Waals surface area contributed by atoms with Gasteiger partial charge >= 0.3 is 5.97 Å². The molecule has 20 heavy (non-hydrogen) atoms. The van der Waals surface area contributed by atoms with Gasteiger partial charge in [-0.15, -0.1) is 11.3 Å². The van der Waals surface area contributed by atoms with Gasteiger partial charge in [0.1, 0.15) is 10.6 Å². The minimum absolute atomic E-state index is 0.218. The van der Waals surface area contributed by atoms with Crippen molar-refractivity contribution in [3.63, 3.8) is 0 Å². The van der Waals surface area contributed by atoms with Crippen molar-refractivity contribution in [1.29, 1.82) is 0 Å². The fourth-order valence-corrected chi connectivity index (χ4v) is 2.18. The standard InChI is InChI=1S/C13H12N2O4S/c1-8-12(20-7-14-8)13(18)15-9-2-4-10(5-3-9)19-6-11(16)17/h2-5,7H,6H2,1H3,(H,15,18)(H,16,17). The SMILES string of the molecule is Cc1ncsc1C(=O)Nc1ccc(OCC(=O)O)cc1. The number of hydrogen-bond acceptors (Lipinski definition) is 5. The molecule has 0 fully saturated rings. The Bertz CT molecular complexity index is 622. The first-order valence-corrected chi connectivity index (χ1v) is 6.60. The molecule has 0 spiro atoms. The van der Waals surface area contributed by atoms with Gasteiger partial charge in [-0.3, -0.25) is 4.79 Å². The summed E-state index contributed by atoms with van der Waals surface area (Å²) in [5.41, 5.74) is 2.91. The molecular weight excluding hydrogens is 280 g/mol. The van der Waals surface area contributed by atoms with E-state index in [1.807, 2.05) is 0 Å². The van der Waals surface area contributed by atoms with Crippen LogP contribution in [0.1, 0.15) is 15.4 Å². The Balaban J connectivity index is 1.99. The third-order valence-electron chi connectivity index (χ3n) is 2.43. The lowest BCUT2D eigenvalue weighted by atomic mass is 10.3. The van der Waals surface area contributed by atoms with Crippen LogP contribution < -0.4 is 10.1 Å². The van der Waals surface area contributed by atoms with Gasteiger partial charge in [0.2, 0.25) is 0 Å². The number of thiazole rings is 1. The van der Waals surface area contributed by atoms with Crippen LogP contribution in [0.15, 0.2) is 29.8 Å². The maximum Gasteiger partial charge on any atom is 0.341 e. The zero-order valence-corrected chi connectivity index (χ0v) is 11.4. The Morgan fingerprint density at radius 2 is 2.05 bits per heavy atom. The Morgan fingerprint density at radius 1 is 1.35 bits per heavy atom. The largest absolute Gasteiger partial charge is 0.482 e. The molecule has 0 aliphatic rings. The number of anilines is 1. The molecule has 0 saturated heterocycles. The minimum atomic E-state index is -1.04. The first-order valence-electron chi connectivity index (χ1n) is 5.72. The zero-order valence-electron chi connectivity index (χ0n) is 10.6. The van der Waals surface area contributed by atoms with Crippen molar-refractivity contribution in [1.82, 2.24) is 4.98 Å². The maximum atomic E-state index is 11.9. The van der Waals surface area contributed by atoms with Gasteiger partial charge in [0.25, 0.3) is 5.91 Å². The Hall–Kier alpha value is -2.41. The van der Waals surface area contributed by atoms with Gasteiger partial charge in [-0.1, -0.05) is 0 Å². The van der Waals surface area contributed by atoms with Gasteiger partial charge in [-0.25, -0.2) is 9.78 Å². The number of nitrogens with zero attached hydrogens (tertiary/aromatic N) is 1. The lowest BCUT2D eigenvalue weighted by molar-refractivity contribution is -0.139. The van der Waals surface area contributed by atoms with Gasteiger partial charge in [0, 0.05) is 5.69 Å². The van der Waals surface area contributed by atoms with E-state index in [9.17, 15) is 9.59 Å². The molecule has 1 heterocycles. The number of aryl methyl sites for hydroxylation is 1. The van der Waals surface area contributed by atoms with Crippen LogP contribution in [0, 0.1) is 6.92 Å². The van der Waals surface area contributed by atoms with Gasteiger partial charge in [0.05, 0.1) is 11.2 Å². The predicted molar refractivity (Wildman–Crippen MR) is 74.4 cm³/mol. The summed E-state index contributed by atoms with van der Waals surface area (Å²) in [6.07, 6.45) is 0. The summed E-state index contributed by atoms with van der Waals surface area (Å²) in [6.45, 7) is 1.38. The van der Waals surface area contributed by atoms with Crippen LogP contribution in [0.4, 0.5) is 5.69 Å². The van der Waals surface area contributed by atoms with Crippen molar-refractivity contribution in [2.45, 2.75) is 6.92 Å². The maximum absolute atomic E-state index is 11.9. The van der Waals surface area contributed by atoms with Gasteiger partial charge < -0.3 is 15.2 Å². The molecule has 2 aromatic rings. The van der Waals surface area contributed by atoms with E-state index in [-0.39, 0.29) is 5.91 Å². The van der Waals surface area contributed by atoms with E-state index in [1.54, 1.807) is 36.7 Å². The number of ether oxygens (including phenoxy) is 1. The van der Waals surface area contributed by atoms with Crippen molar-refractivity contribution in [2.75, 3.05) is 11.9 Å². The van der Waals surface area contributed by atoms with E-state index in [2.05, 4.69) is 10.3 Å². The number of carbonyl (C=O) groups excluding carboxylic acids is 1. The molecule has 2 rings (SSSR count). The molecule has 1 aromatic heterocycles. The van der Waals surface area contributed by atoms with E-state index >= 15 is 0 Å². The quantitative estimate of drug-likeness (QED) is 0.881. The van der Waals surface area contributed by atoms with Crippen LogP contribution in [0.3, 0.4) is 0 Å². The number of benzene rings is 1. The van der Waals surface area contributed by atoms with E-state index in [4.69, 9.17) is 9.84 Å². The van der Waals surface area contributed by atoms with Crippen LogP contribution in [-0.4, -0.2) is 28.6 Å². The number of carbonyl (C=O) groups is 2. The number of nitrogens with one attached hydrogen (secondary N) is 1. The Kier molecular flexibility index (Phi) is 4.31. The van der Waals surface area contributed by atoms with Crippen LogP contribution in [0.25, 0.3) is 0 Å². The molecule has 0 bridgehead atoms. The summed E-state index contributed by atoms with van der Waals surface area (Å²) in [7, 11) is 0. The number of hydrogen-bond donors (Lipinski definition) is 2. The molecule has 0 aliphatic carbocycles. The average Bonchev–Trinajstić information content (AvgIpc) is 2.84. The number of rotatable bonds is 5. The Morgan fingerprint density at radius 3 is 2.60 bits per heavy atom. The summed E-state index contributed by atoms with van der Waals surface area (Å²) in [4.78, 5) is 26.9. The molecule has 0 unspecified atom stereocenters. The smallest absolute Gasteiger partial charge is 0.341 e. The molecule has 104 valence electrons. The summed E-state index contributed by atoms with van der Waals surface area (Å²) in [5.74, 6) is -0.827. The van der Waals surface area contributed by atoms with Gasteiger partial charge in [0.15, 0.2) is 6.61 Å². The third kappa shape index (κ3) is 3.55. The molecule has 7 heteroatoms. The summed E-state index contributed by atoms with van der Waals surface area (Å²) < 4.78 is 5.00. The molecule has 0 atom stereocenters. The number of aliphatic carboxylic acids is 1. The second-order valence-electron chi connectivity index (χ2n) is 3.93. The molecule has 1 aromatic carbocycles. The topological polar surface area (TPSA) is 88.5 Å². The highest BCUT2D eigenvalue weighted by Crippen LogP contribution is 2.18. The van der Waals surface area contributed by atoms with Crippen molar-refractivity contribution in [3.8, 4) is 5.75 Å². The van der Waals surface area contributed by atoms with Crippen LogP contribution >= 0.6 is 11.3 Å². The minimum Gasteiger partial charge on any atom is -0.482 e. The second kappa shape index (κ2) is 6.16. The highest BCUT2D eigenvalue weighted by molar-refractivity contribution is 7.12. The first kappa shape index (κ1) is 14.0. The molecule has 0 radical (unpaired) electrons. The van der Waals surface area contributed by atoms with Gasteiger partial charge in [-0.2, -0.15) is 0 Å². The number of carboxylic acids is 1. The molecule has 0 aliphatic heterocycles. The van der Waals surface area contributed by atoms with Crippen molar-refractivity contribution >= 4 is 28.9 Å². The molecule has 6 nitrogen and oxygen atoms in total. The lowest BCUT2D eigenvalue weighted by Crippen LogP contribution is -2.12.